The predicted octanol–water partition coefficient (Wildman–Crippen LogP) is 3.50. The lowest BCUT2D eigenvalue weighted by atomic mass is 10.1. The second kappa shape index (κ2) is 5.43. The summed E-state index contributed by atoms with van der Waals surface area (Å²) in [7, 11) is 0. The van der Waals surface area contributed by atoms with Gasteiger partial charge in [0.05, 0.1) is 16.3 Å². The minimum Gasteiger partial charge on any atom is -0.507 e. The Kier molecular flexibility index (Phi) is 3.86. The third-order valence-corrected chi connectivity index (χ3v) is 3.32. The molecule has 0 fully saturated rings. The summed E-state index contributed by atoms with van der Waals surface area (Å²) < 4.78 is 0. The smallest absolute Gasteiger partial charge is 0.259 e. The number of nitrogens with two attached hydrogens (primary N) is 1. The summed E-state index contributed by atoms with van der Waals surface area (Å²) in [5.41, 5.74) is 8.62. The van der Waals surface area contributed by atoms with Gasteiger partial charge >= 0.3 is 0 Å². The van der Waals surface area contributed by atoms with Crippen molar-refractivity contribution < 1.29 is 9.90 Å². The number of aromatic hydroxyl groups is 1. The van der Waals surface area contributed by atoms with E-state index in [1.54, 1.807) is 24.3 Å². The zero-order chi connectivity index (χ0) is 14.9. The molecular weight excluding hydrogens is 276 g/mol. The molecule has 0 spiro atoms. The van der Waals surface area contributed by atoms with Crippen LogP contribution in [0, 0.1) is 13.8 Å². The highest BCUT2D eigenvalue weighted by atomic mass is 35.5. The van der Waals surface area contributed by atoms with Gasteiger partial charge in [0.2, 0.25) is 0 Å². The molecule has 0 aliphatic heterocycles. The molecule has 5 heteroatoms. The van der Waals surface area contributed by atoms with E-state index >= 15 is 0 Å². The molecular formula is C15H15ClN2O2. The van der Waals surface area contributed by atoms with E-state index in [0.717, 1.165) is 11.1 Å². The van der Waals surface area contributed by atoms with Crippen LogP contribution in [0.1, 0.15) is 21.5 Å². The Morgan fingerprint density at radius 2 is 1.95 bits per heavy atom. The van der Waals surface area contributed by atoms with Crippen LogP contribution >= 0.6 is 11.6 Å². The molecule has 0 aliphatic rings. The van der Waals surface area contributed by atoms with E-state index in [1.165, 1.54) is 6.07 Å². The third kappa shape index (κ3) is 2.86. The van der Waals surface area contributed by atoms with Crippen molar-refractivity contribution in [3.05, 3.63) is 52.0 Å². The van der Waals surface area contributed by atoms with Crippen LogP contribution in [0.2, 0.25) is 5.02 Å². The van der Waals surface area contributed by atoms with Crippen molar-refractivity contribution >= 4 is 28.9 Å². The van der Waals surface area contributed by atoms with Gasteiger partial charge in [0.1, 0.15) is 5.75 Å². The van der Waals surface area contributed by atoms with Crippen LogP contribution < -0.4 is 11.1 Å². The number of hydrogen-bond donors (Lipinski definition) is 3. The monoisotopic (exact) mass is 290 g/mol. The molecule has 0 saturated heterocycles. The SMILES string of the molecule is Cc1ccc(O)c(C(=O)Nc2cc(Cl)c(N)cc2C)c1. The highest BCUT2D eigenvalue weighted by Gasteiger charge is 2.13. The summed E-state index contributed by atoms with van der Waals surface area (Å²) in [5.74, 6) is -0.456. The number of carbonyl (C=O) groups is 1. The van der Waals surface area contributed by atoms with Crippen molar-refractivity contribution in [1.29, 1.82) is 0 Å². The van der Waals surface area contributed by atoms with E-state index in [-0.39, 0.29) is 11.3 Å². The number of nitrogens with one attached hydrogen (secondary N) is 1. The van der Waals surface area contributed by atoms with Gasteiger partial charge < -0.3 is 16.2 Å². The van der Waals surface area contributed by atoms with Gasteiger partial charge in [-0.1, -0.05) is 23.2 Å². The van der Waals surface area contributed by atoms with Crippen LogP contribution in [-0.2, 0) is 0 Å². The molecule has 104 valence electrons. The topological polar surface area (TPSA) is 75.3 Å². The van der Waals surface area contributed by atoms with Gasteiger partial charge in [-0.15, -0.1) is 0 Å². The highest BCUT2D eigenvalue weighted by Crippen LogP contribution is 2.28. The lowest BCUT2D eigenvalue weighted by Crippen LogP contribution is -2.13. The number of phenolic OH excluding ortho intramolecular Hbond substituents is 1. The quantitative estimate of drug-likeness (QED) is 0.741. The summed E-state index contributed by atoms with van der Waals surface area (Å²) >= 11 is 5.95. The molecule has 0 unspecified atom stereocenters. The number of rotatable bonds is 2. The lowest BCUT2D eigenvalue weighted by Gasteiger charge is -2.11. The summed E-state index contributed by atoms with van der Waals surface area (Å²) in [6.45, 7) is 3.67. The summed E-state index contributed by atoms with van der Waals surface area (Å²) in [6.07, 6.45) is 0. The van der Waals surface area contributed by atoms with Crippen molar-refractivity contribution in [2.45, 2.75) is 13.8 Å². The molecule has 0 radical (unpaired) electrons. The molecule has 0 heterocycles. The number of amides is 1. The number of halogens is 1. The second-order valence-electron chi connectivity index (χ2n) is 4.66. The van der Waals surface area contributed by atoms with Crippen molar-refractivity contribution in [3.8, 4) is 5.75 Å². The average molecular weight is 291 g/mol. The maximum Gasteiger partial charge on any atom is 0.259 e. The fraction of sp³-hybridized carbons (Fsp3) is 0.133. The first-order valence-corrected chi connectivity index (χ1v) is 6.43. The lowest BCUT2D eigenvalue weighted by molar-refractivity contribution is 0.102. The number of hydrogen-bond acceptors (Lipinski definition) is 3. The number of nitrogen functional groups attached to an aromatic ring is 1. The van der Waals surface area contributed by atoms with Gasteiger partial charge in [-0.2, -0.15) is 0 Å². The fourth-order valence-electron chi connectivity index (χ4n) is 1.86. The second-order valence-corrected chi connectivity index (χ2v) is 5.07. The van der Waals surface area contributed by atoms with Gasteiger partial charge in [0.25, 0.3) is 5.91 Å². The first-order chi connectivity index (χ1) is 9.38. The molecule has 2 aromatic rings. The van der Waals surface area contributed by atoms with Gasteiger partial charge in [-0.3, -0.25) is 4.79 Å². The van der Waals surface area contributed by atoms with Gasteiger partial charge in [0.15, 0.2) is 0 Å². The number of benzene rings is 2. The standard InChI is InChI=1S/C15H15ClN2O2/c1-8-3-4-14(19)10(5-8)15(20)18-13-7-11(16)12(17)6-9(13)2/h3-7,19H,17H2,1-2H3,(H,18,20). The minimum absolute atomic E-state index is 0.0627. The Morgan fingerprint density at radius 1 is 1.25 bits per heavy atom. The number of phenols is 1. The van der Waals surface area contributed by atoms with E-state index in [4.69, 9.17) is 17.3 Å². The Balaban J connectivity index is 2.32. The van der Waals surface area contributed by atoms with Crippen molar-refractivity contribution in [2.24, 2.45) is 0 Å². The summed E-state index contributed by atoms with van der Waals surface area (Å²) in [6, 6.07) is 8.13. The minimum atomic E-state index is -0.393. The van der Waals surface area contributed by atoms with Crippen LogP contribution in [0.5, 0.6) is 5.75 Å². The van der Waals surface area contributed by atoms with Gasteiger partial charge in [-0.05, 0) is 43.7 Å². The molecule has 1 amide bonds. The first kappa shape index (κ1) is 14.2. The molecule has 0 aliphatic carbocycles. The van der Waals surface area contributed by atoms with Crippen LogP contribution in [-0.4, -0.2) is 11.0 Å². The highest BCUT2D eigenvalue weighted by molar-refractivity contribution is 6.33. The predicted molar refractivity (Wildman–Crippen MR) is 81.4 cm³/mol. The molecule has 20 heavy (non-hydrogen) atoms. The Bertz CT molecular complexity index is 684. The largest absolute Gasteiger partial charge is 0.507 e. The van der Waals surface area contributed by atoms with Crippen molar-refractivity contribution in [3.63, 3.8) is 0 Å². The van der Waals surface area contributed by atoms with E-state index in [0.29, 0.717) is 16.4 Å². The molecule has 4 nitrogen and oxygen atoms in total. The Labute approximate surface area is 122 Å². The van der Waals surface area contributed by atoms with Gasteiger partial charge in [-0.25, -0.2) is 0 Å². The molecule has 0 atom stereocenters. The zero-order valence-electron chi connectivity index (χ0n) is 11.2. The Hall–Kier alpha value is -2.20. The maximum atomic E-state index is 12.2. The average Bonchev–Trinajstić information content (AvgIpc) is 2.38. The van der Waals surface area contributed by atoms with Crippen LogP contribution in [0.4, 0.5) is 11.4 Å². The first-order valence-electron chi connectivity index (χ1n) is 6.05. The number of aryl methyl sites for hydroxylation is 2. The van der Waals surface area contributed by atoms with Crippen LogP contribution in [0.3, 0.4) is 0 Å². The third-order valence-electron chi connectivity index (χ3n) is 2.99. The van der Waals surface area contributed by atoms with Gasteiger partial charge in [0, 0.05) is 5.69 Å². The van der Waals surface area contributed by atoms with Crippen LogP contribution in [0.15, 0.2) is 30.3 Å². The molecule has 2 aromatic carbocycles. The molecule has 0 bridgehead atoms. The normalized spacial score (nSPS) is 10.3. The summed E-state index contributed by atoms with van der Waals surface area (Å²) in [5, 5.41) is 12.8. The summed E-state index contributed by atoms with van der Waals surface area (Å²) in [4.78, 5) is 12.2. The fourth-order valence-corrected chi connectivity index (χ4v) is 2.02. The van der Waals surface area contributed by atoms with Crippen molar-refractivity contribution in [2.75, 3.05) is 11.1 Å². The van der Waals surface area contributed by atoms with Crippen LogP contribution in [0.25, 0.3) is 0 Å². The number of carbonyl (C=O) groups excluding carboxylic acids is 1. The molecule has 4 N–H and O–H groups in total. The van der Waals surface area contributed by atoms with E-state index in [1.807, 2.05) is 13.8 Å². The van der Waals surface area contributed by atoms with Crippen molar-refractivity contribution in [1.82, 2.24) is 0 Å². The van der Waals surface area contributed by atoms with E-state index < -0.39 is 5.91 Å². The number of anilines is 2. The molecule has 2 rings (SSSR count). The van der Waals surface area contributed by atoms with E-state index in [9.17, 15) is 9.90 Å². The van der Waals surface area contributed by atoms with E-state index in [2.05, 4.69) is 5.32 Å². The zero-order valence-corrected chi connectivity index (χ0v) is 12.0. The molecule has 0 aromatic heterocycles. The Morgan fingerprint density at radius 3 is 2.65 bits per heavy atom. The molecule has 0 saturated carbocycles. The maximum absolute atomic E-state index is 12.2.